The third-order valence-corrected chi connectivity index (χ3v) is 4.73. The Bertz CT molecular complexity index is 1200. The second-order valence-electron chi connectivity index (χ2n) is 7.08. The predicted molar refractivity (Wildman–Crippen MR) is 123 cm³/mol. The van der Waals surface area contributed by atoms with Gasteiger partial charge in [-0.05, 0) is 66.1 Å². The number of nitrogens with zero attached hydrogens (tertiary/aromatic N) is 1. The van der Waals surface area contributed by atoms with Gasteiger partial charge in [-0.1, -0.05) is 30.3 Å². The normalized spacial score (nSPS) is 11.1. The predicted octanol–water partition coefficient (Wildman–Crippen LogP) is 4.68. The number of aromatic nitrogens is 1. The highest BCUT2D eigenvalue weighted by Crippen LogP contribution is 2.15. The van der Waals surface area contributed by atoms with Gasteiger partial charge in [0.25, 0.3) is 11.8 Å². The average Bonchev–Trinajstić information content (AvgIpc) is 3.34. The number of anilines is 1. The Balaban J connectivity index is 1.48. The summed E-state index contributed by atoms with van der Waals surface area (Å²) in [5.41, 5.74) is 3.41. The highest BCUT2D eigenvalue weighted by Gasteiger charge is 2.15. The van der Waals surface area contributed by atoms with E-state index in [2.05, 4.69) is 15.6 Å². The first-order chi connectivity index (χ1) is 15.7. The largest absolute Gasteiger partial charge is 0.465 e. The maximum atomic E-state index is 12.9. The van der Waals surface area contributed by atoms with Gasteiger partial charge in [0.1, 0.15) is 11.5 Å². The second-order valence-corrected chi connectivity index (χ2v) is 7.08. The molecule has 2 N–H and O–H groups in total. The van der Waals surface area contributed by atoms with Gasteiger partial charge < -0.3 is 15.1 Å². The minimum Gasteiger partial charge on any atom is -0.465 e. The Kier molecular flexibility index (Phi) is 6.53. The highest BCUT2D eigenvalue weighted by atomic mass is 16.3. The highest BCUT2D eigenvalue weighted by molar-refractivity contribution is 6.10. The van der Waals surface area contributed by atoms with E-state index < -0.39 is 5.91 Å². The van der Waals surface area contributed by atoms with Crippen LogP contribution in [0.3, 0.4) is 0 Å². The smallest absolute Gasteiger partial charge is 0.272 e. The molecule has 4 rings (SSSR count). The van der Waals surface area contributed by atoms with Crippen molar-refractivity contribution < 1.29 is 14.0 Å². The number of hydrogen-bond acceptors (Lipinski definition) is 4. The molecule has 0 unspecified atom stereocenters. The number of benzene rings is 2. The van der Waals surface area contributed by atoms with Crippen LogP contribution in [0.15, 0.2) is 108 Å². The van der Waals surface area contributed by atoms with E-state index in [0.29, 0.717) is 17.0 Å². The number of nitrogens with one attached hydrogen (secondary N) is 2. The summed E-state index contributed by atoms with van der Waals surface area (Å²) in [5, 5.41) is 5.51. The number of carbonyl (C=O) groups excluding carboxylic acids is 2. The van der Waals surface area contributed by atoms with E-state index >= 15 is 0 Å². The fourth-order valence-electron chi connectivity index (χ4n) is 3.10. The Morgan fingerprint density at radius 3 is 2.25 bits per heavy atom. The fraction of sp³-hybridized carbons (Fsp3) is 0.0385. The molecule has 0 aliphatic rings. The van der Waals surface area contributed by atoms with Crippen LogP contribution >= 0.6 is 0 Å². The van der Waals surface area contributed by atoms with Crippen LogP contribution in [0, 0.1) is 0 Å². The Morgan fingerprint density at radius 1 is 0.844 bits per heavy atom. The topological polar surface area (TPSA) is 84.2 Å². The Hall–Kier alpha value is -4.45. The monoisotopic (exact) mass is 423 g/mol. The molecule has 0 radical (unpaired) electrons. The SMILES string of the molecule is O=C(Nc1ccc(Cc2ccncc2)cc1)/C(=C/c1ccco1)NC(=O)c1ccccc1. The van der Waals surface area contributed by atoms with E-state index in [4.69, 9.17) is 4.42 Å². The van der Waals surface area contributed by atoms with Gasteiger partial charge in [0.15, 0.2) is 0 Å². The summed E-state index contributed by atoms with van der Waals surface area (Å²) in [6.45, 7) is 0. The first kappa shape index (κ1) is 20.8. The first-order valence-electron chi connectivity index (χ1n) is 10.1. The third kappa shape index (κ3) is 5.58. The van der Waals surface area contributed by atoms with Crippen LogP contribution < -0.4 is 10.6 Å². The number of amides is 2. The summed E-state index contributed by atoms with van der Waals surface area (Å²) in [4.78, 5) is 29.6. The van der Waals surface area contributed by atoms with Crippen molar-refractivity contribution >= 4 is 23.6 Å². The number of carbonyl (C=O) groups is 2. The molecule has 0 saturated carbocycles. The lowest BCUT2D eigenvalue weighted by Crippen LogP contribution is -2.30. The quantitative estimate of drug-likeness (QED) is 0.423. The van der Waals surface area contributed by atoms with Crippen molar-refractivity contribution in [1.82, 2.24) is 10.3 Å². The molecule has 158 valence electrons. The molecule has 6 heteroatoms. The molecule has 0 aliphatic carbocycles. The number of furan rings is 1. The molecule has 0 fully saturated rings. The standard InChI is InChI=1S/C26H21N3O3/c30-25(21-5-2-1-3-6-21)29-24(18-23-7-4-16-32-23)26(31)28-22-10-8-19(9-11-22)17-20-12-14-27-15-13-20/h1-16,18H,17H2,(H,28,31)(H,29,30)/b24-18-. The van der Waals surface area contributed by atoms with Crippen LogP contribution in [0.5, 0.6) is 0 Å². The van der Waals surface area contributed by atoms with Crippen molar-refractivity contribution in [3.05, 3.63) is 126 Å². The zero-order valence-corrected chi connectivity index (χ0v) is 17.2. The van der Waals surface area contributed by atoms with Crippen molar-refractivity contribution in [1.29, 1.82) is 0 Å². The van der Waals surface area contributed by atoms with E-state index in [9.17, 15) is 9.59 Å². The molecule has 2 aromatic heterocycles. The summed E-state index contributed by atoms with van der Waals surface area (Å²) in [6, 6.07) is 23.6. The number of rotatable bonds is 7. The van der Waals surface area contributed by atoms with Crippen LogP contribution in [0.4, 0.5) is 5.69 Å². The van der Waals surface area contributed by atoms with Crippen LogP contribution in [0.25, 0.3) is 6.08 Å². The third-order valence-electron chi connectivity index (χ3n) is 4.73. The van der Waals surface area contributed by atoms with Gasteiger partial charge in [-0.2, -0.15) is 0 Å². The first-order valence-corrected chi connectivity index (χ1v) is 10.1. The molecule has 0 saturated heterocycles. The van der Waals surface area contributed by atoms with E-state index in [-0.39, 0.29) is 11.6 Å². The van der Waals surface area contributed by atoms with Crippen molar-refractivity contribution in [2.75, 3.05) is 5.32 Å². The van der Waals surface area contributed by atoms with E-state index in [1.807, 2.05) is 42.5 Å². The molecule has 0 atom stereocenters. The van der Waals surface area contributed by atoms with Crippen LogP contribution in [0.2, 0.25) is 0 Å². The van der Waals surface area contributed by atoms with Gasteiger partial charge in [0, 0.05) is 29.7 Å². The van der Waals surface area contributed by atoms with E-state index in [1.54, 1.807) is 48.8 Å². The molecular formula is C26H21N3O3. The molecule has 0 bridgehead atoms. The minimum absolute atomic E-state index is 0.0784. The number of pyridine rings is 1. The zero-order valence-electron chi connectivity index (χ0n) is 17.2. The molecule has 0 spiro atoms. The Morgan fingerprint density at radius 2 is 1.56 bits per heavy atom. The van der Waals surface area contributed by atoms with Crippen molar-refractivity contribution in [2.45, 2.75) is 6.42 Å². The van der Waals surface area contributed by atoms with Gasteiger partial charge >= 0.3 is 0 Å². The summed E-state index contributed by atoms with van der Waals surface area (Å²) in [6.07, 6.45) is 7.30. The minimum atomic E-state index is -0.451. The maximum Gasteiger partial charge on any atom is 0.272 e. The zero-order chi connectivity index (χ0) is 22.2. The molecule has 6 nitrogen and oxygen atoms in total. The van der Waals surface area contributed by atoms with Gasteiger partial charge in [0.05, 0.1) is 6.26 Å². The molecule has 2 amide bonds. The molecule has 4 aromatic rings. The number of hydrogen-bond donors (Lipinski definition) is 2. The molecule has 32 heavy (non-hydrogen) atoms. The molecule has 0 aliphatic heterocycles. The summed E-state index contributed by atoms with van der Waals surface area (Å²) in [5.74, 6) is -0.380. The summed E-state index contributed by atoms with van der Waals surface area (Å²) < 4.78 is 5.31. The lowest BCUT2D eigenvalue weighted by atomic mass is 10.1. The van der Waals surface area contributed by atoms with Crippen molar-refractivity contribution in [2.24, 2.45) is 0 Å². The molecular weight excluding hydrogens is 402 g/mol. The fourth-order valence-corrected chi connectivity index (χ4v) is 3.10. The van der Waals surface area contributed by atoms with Gasteiger partial charge in [-0.15, -0.1) is 0 Å². The molecule has 2 heterocycles. The Labute approximate surface area is 185 Å². The van der Waals surface area contributed by atoms with Crippen molar-refractivity contribution in [3.63, 3.8) is 0 Å². The van der Waals surface area contributed by atoms with Gasteiger partial charge in [-0.25, -0.2) is 0 Å². The van der Waals surface area contributed by atoms with Crippen LogP contribution in [-0.2, 0) is 11.2 Å². The van der Waals surface area contributed by atoms with Crippen LogP contribution in [0.1, 0.15) is 27.2 Å². The van der Waals surface area contributed by atoms with Crippen molar-refractivity contribution in [3.8, 4) is 0 Å². The van der Waals surface area contributed by atoms with Crippen LogP contribution in [-0.4, -0.2) is 16.8 Å². The van der Waals surface area contributed by atoms with Gasteiger partial charge in [-0.3, -0.25) is 14.6 Å². The maximum absolute atomic E-state index is 12.9. The average molecular weight is 423 g/mol. The van der Waals surface area contributed by atoms with E-state index in [1.165, 1.54) is 12.3 Å². The molecule has 2 aromatic carbocycles. The summed E-state index contributed by atoms with van der Waals surface area (Å²) >= 11 is 0. The van der Waals surface area contributed by atoms with Gasteiger partial charge in [0.2, 0.25) is 0 Å². The lowest BCUT2D eigenvalue weighted by Gasteiger charge is -2.11. The van der Waals surface area contributed by atoms with E-state index in [0.717, 1.165) is 17.5 Å². The second kappa shape index (κ2) is 10.0. The summed E-state index contributed by atoms with van der Waals surface area (Å²) in [7, 11) is 0. The lowest BCUT2D eigenvalue weighted by molar-refractivity contribution is -0.113.